The third-order valence-corrected chi connectivity index (χ3v) is 4.55. The lowest BCUT2D eigenvalue weighted by atomic mass is 9.95. The monoisotopic (exact) mass is 407 g/mol. The Balaban J connectivity index is 1.64. The number of hydrogen-bond donors (Lipinski definition) is 2. The van der Waals surface area contributed by atoms with E-state index in [0.717, 1.165) is 6.07 Å². The Kier molecular flexibility index (Phi) is 6.02. The van der Waals surface area contributed by atoms with E-state index in [1.807, 2.05) is 0 Å². The van der Waals surface area contributed by atoms with Crippen LogP contribution in [-0.2, 0) is 19.6 Å². The predicted octanol–water partition coefficient (Wildman–Crippen LogP) is 2.64. The lowest BCUT2D eigenvalue weighted by molar-refractivity contribution is -0.138. The van der Waals surface area contributed by atoms with Crippen molar-refractivity contribution in [2.75, 3.05) is 13.1 Å². The molecular weight excluding hydrogens is 387 g/mol. The van der Waals surface area contributed by atoms with Crippen molar-refractivity contribution in [1.82, 2.24) is 20.3 Å². The number of benzene rings is 1. The minimum absolute atomic E-state index is 0.0765. The molecule has 0 bridgehead atoms. The standard InChI is InChI=1S/C19H20F3N5O2/c1-27-16(10-25-26-27)14-7-17(29-11-14)18(28)24-9-12(8-23)6-13-4-2-3-5-15(13)19(20,21)22/h2-5,7,10-12H,6,8-9,23H2,1H3,(H,24,28). The molecule has 0 radical (unpaired) electrons. The minimum atomic E-state index is -4.44. The zero-order valence-corrected chi connectivity index (χ0v) is 15.6. The van der Waals surface area contributed by atoms with Crippen molar-refractivity contribution in [2.45, 2.75) is 12.6 Å². The summed E-state index contributed by atoms with van der Waals surface area (Å²) in [4.78, 5) is 12.3. The highest BCUT2D eigenvalue weighted by Crippen LogP contribution is 2.32. The van der Waals surface area contributed by atoms with Crippen molar-refractivity contribution in [3.8, 4) is 11.3 Å². The van der Waals surface area contributed by atoms with Gasteiger partial charge in [-0.05, 0) is 36.6 Å². The second-order valence-electron chi connectivity index (χ2n) is 6.61. The Bertz CT molecular complexity index is 980. The van der Waals surface area contributed by atoms with Crippen molar-refractivity contribution in [2.24, 2.45) is 18.7 Å². The van der Waals surface area contributed by atoms with Crippen molar-refractivity contribution < 1.29 is 22.4 Å². The molecule has 0 spiro atoms. The van der Waals surface area contributed by atoms with Gasteiger partial charge in [0.25, 0.3) is 5.91 Å². The topological polar surface area (TPSA) is 99.0 Å². The Morgan fingerprint density at radius 3 is 2.76 bits per heavy atom. The highest BCUT2D eigenvalue weighted by molar-refractivity contribution is 5.92. The Morgan fingerprint density at radius 1 is 1.34 bits per heavy atom. The summed E-state index contributed by atoms with van der Waals surface area (Å²) in [7, 11) is 1.71. The van der Waals surface area contributed by atoms with Gasteiger partial charge < -0.3 is 15.5 Å². The van der Waals surface area contributed by atoms with Gasteiger partial charge in [-0.15, -0.1) is 5.10 Å². The maximum absolute atomic E-state index is 13.2. The molecule has 1 unspecified atom stereocenters. The Morgan fingerprint density at radius 2 is 2.10 bits per heavy atom. The zero-order valence-electron chi connectivity index (χ0n) is 15.6. The summed E-state index contributed by atoms with van der Waals surface area (Å²) in [6, 6.07) is 6.91. The number of carbonyl (C=O) groups is 1. The molecule has 1 aromatic carbocycles. The molecule has 3 aromatic rings. The van der Waals surface area contributed by atoms with Crippen LogP contribution in [0.25, 0.3) is 11.3 Å². The van der Waals surface area contributed by atoms with E-state index in [4.69, 9.17) is 10.2 Å². The molecule has 0 aliphatic rings. The molecule has 2 heterocycles. The molecule has 3 rings (SSSR count). The van der Waals surface area contributed by atoms with Crippen LogP contribution in [-0.4, -0.2) is 34.0 Å². The fourth-order valence-electron chi connectivity index (χ4n) is 2.99. The van der Waals surface area contributed by atoms with E-state index in [-0.39, 0.29) is 36.8 Å². The summed E-state index contributed by atoms with van der Waals surface area (Å²) >= 11 is 0. The van der Waals surface area contributed by atoms with Crippen LogP contribution in [0.1, 0.15) is 21.7 Å². The number of nitrogens with two attached hydrogens (primary N) is 1. The third-order valence-electron chi connectivity index (χ3n) is 4.55. The van der Waals surface area contributed by atoms with Crippen molar-refractivity contribution in [3.05, 3.63) is 59.7 Å². The van der Waals surface area contributed by atoms with Gasteiger partial charge in [0.05, 0.1) is 17.5 Å². The number of carbonyl (C=O) groups excluding carboxylic acids is 1. The van der Waals surface area contributed by atoms with Gasteiger partial charge in [0, 0.05) is 19.2 Å². The average molecular weight is 407 g/mol. The minimum Gasteiger partial charge on any atom is -0.458 e. The largest absolute Gasteiger partial charge is 0.458 e. The second-order valence-corrected chi connectivity index (χ2v) is 6.61. The predicted molar refractivity (Wildman–Crippen MR) is 98.7 cm³/mol. The van der Waals surface area contributed by atoms with E-state index in [9.17, 15) is 18.0 Å². The molecule has 2 aromatic heterocycles. The molecule has 1 amide bonds. The molecule has 10 heteroatoms. The maximum Gasteiger partial charge on any atom is 0.416 e. The molecule has 0 saturated carbocycles. The lowest BCUT2D eigenvalue weighted by Gasteiger charge is -2.18. The van der Waals surface area contributed by atoms with E-state index < -0.39 is 17.6 Å². The lowest BCUT2D eigenvalue weighted by Crippen LogP contribution is -2.34. The SMILES string of the molecule is Cn1nncc1-c1coc(C(=O)NCC(CN)Cc2ccccc2C(F)(F)F)c1. The number of nitrogens with one attached hydrogen (secondary N) is 1. The molecule has 3 N–H and O–H groups in total. The normalized spacial score (nSPS) is 12.7. The first-order valence-electron chi connectivity index (χ1n) is 8.86. The summed E-state index contributed by atoms with van der Waals surface area (Å²) in [6.45, 7) is 0.237. The highest BCUT2D eigenvalue weighted by atomic mass is 19.4. The van der Waals surface area contributed by atoms with Crippen LogP contribution in [0.4, 0.5) is 13.2 Å². The number of nitrogens with zero attached hydrogens (tertiary/aromatic N) is 3. The first-order valence-corrected chi connectivity index (χ1v) is 8.86. The van der Waals surface area contributed by atoms with E-state index in [0.29, 0.717) is 11.3 Å². The summed E-state index contributed by atoms with van der Waals surface area (Å²) < 4.78 is 46.3. The van der Waals surface area contributed by atoms with Crippen LogP contribution in [0.3, 0.4) is 0 Å². The van der Waals surface area contributed by atoms with Crippen molar-refractivity contribution in [1.29, 1.82) is 0 Å². The summed E-state index contributed by atoms with van der Waals surface area (Å²) in [5.41, 5.74) is 6.49. The number of alkyl halides is 3. The van der Waals surface area contributed by atoms with Gasteiger partial charge in [0.1, 0.15) is 6.26 Å². The maximum atomic E-state index is 13.2. The highest BCUT2D eigenvalue weighted by Gasteiger charge is 2.33. The van der Waals surface area contributed by atoms with E-state index in [1.165, 1.54) is 29.3 Å². The number of amides is 1. The summed E-state index contributed by atoms with van der Waals surface area (Å²) in [6.07, 6.45) is -1.40. The third kappa shape index (κ3) is 4.83. The molecule has 0 fully saturated rings. The summed E-state index contributed by atoms with van der Waals surface area (Å²) in [5, 5.41) is 10.2. The van der Waals surface area contributed by atoms with Crippen molar-refractivity contribution >= 4 is 5.91 Å². The molecular formula is C19H20F3N5O2. The van der Waals surface area contributed by atoms with Gasteiger partial charge in [-0.25, -0.2) is 4.68 Å². The fraction of sp³-hybridized carbons (Fsp3) is 0.316. The van der Waals surface area contributed by atoms with Crippen LogP contribution >= 0.6 is 0 Å². The van der Waals surface area contributed by atoms with Gasteiger partial charge >= 0.3 is 6.18 Å². The van der Waals surface area contributed by atoms with Crippen LogP contribution in [0.15, 0.2) is 47.2 Å². The average Bonchev–Trinajstić information content (AvgIpc) is 3.33. The molecule has 29 heavy (non-hydrogen) atoms. The number of furan rings is 1. The van der Waals surface area contributed by atoms with Gasteiger partial charge in [-0.2, -0.15) is 13.2 Å². The first-order chi connectivity index (χ1) is 13.8. The number of hydrogen-bond acceptors (Lipinski definition) is 5. The zero-order chi connectivity index (χ0) is 21.0. The molecule has 0 saturated heterocycles. The van der Waals surface area contributed by atoms with Crippen LogP contribution in [0.2, 0.25) is 0 Å². The first kappa shape index (κ1) is 20.6. The fourth-order valence-corrected chi connectivity index (χ4v) is 2.99. The summed E-state index contributed by atoms with van der Waals surface area (Å²) in [5.74, 6) is -0.764. The van der Waals surface area contributed by atoms with Crippen LogP contribution in [0, 0.1) is 5.92 Å². The number of aryl methyl sites for hydroxylation is 1. The van der Waals surface area contributed by atoms with E-state index in [2.05, 4.69) is 15.6 Å². The molecule has 7 nitrogen and oxygen atoms in total. The molecule has 1 atom stereocenters. The molecule has 154 valence electrons. The van der Waals surface area contributed by atoms with Crippen molar-refractivity contribution in [3.63, 3.8) is 0 Å². The smallest absolute Gasteiger partial charge is 0.416 e. The van der Waals surface area contributed by atoms with Gasteiger partial charge in [0.2, 0.25) is 0 Å². The Hall–Kier alpha value is -3.14. The van der Waals surface area contributed by atoms with E-state index >= 15 is 0 Å². The van der Waals surface area contributed by atoms with Crippen LogP contribution in [0.5, 0.6) is 0 Å². The van der Waals surface area contributed by atoms with Gasteiger partial charge in [-0.1, -0.05) is 23.4 Å². The molecule has 0 aliphatic carbocycles. The van der Waals surface area contributed by atoms with Gasteiger partial charge in [0.15, 0.2) is 5.76 Å². The van der Waals surface area contributed by atoms with Gasteiger partial charge in [-0.3, -0.25) is 4.79 Å². The van der Waals surface area contributed by atoms with Crippen LogP contribution < -0.4 is 11.1 Å². The number of aromatic nitrogens is 3. The molecule has 0 aliphatic heterocycles. The van der Waals surface area contributed by atoms with E-state index in [1.54, 1.807) is 19.2 Å². The second kappa shape index (κ2) is 8.48. The quantitative estimate of drug-likeness (QED) is 0.627. The Labute approximate surface area is 164 Å². The number of rotatable bonds is 7. The number of halogens is 3.